The molecular weight excluding hydrogens is 288 g/mol. The molecule has 0 saturated carbocycles. The van der Waals surface area contributed by atoms with Crippen LogP contribution in [0.5, 0.6) is 0 Å². The van der Waals surface area contributed by atoms with Crippen LogP contribution in [0.4, 0.5) is 0 Å². The van der Waals surface area contributed by atoms with E-state index >= 15 is 0 Å². The molecule has 94 valence electrons. The molecule has 1 aromatic heterocycles. The van der Waals surface area contributed by atoms with Gasteiger partial charge in [-0.1, -0.05) is 29.3 Å². The first-order chi connectivity index (χ1) is 8.54. The Morgan fingerprint density at radius 3 is 2.39 bits per heavy atom. The molecule has 0 spiro atoms. The molecule has 0 aliphatic heterocycles. The summed E-state index contributed by atoms with van der Waals surface area (Å²) in [6.07, 6.45) is 4.44. The van der Waals surface area contributed by atoms with Gasteiger partial charge in [-0.25, -0.2) is 0 Å². The Morgan fingerprint density at radius 1 is 1.11 bits per heavy atom. The van der Waals surface area contributed by atoms with Crippen molar-refractivity contribution in [2.45, 2.75) is 26.3 Å². The van der Waals surface area contributed by atoms with Crippen LogP contribution < -0.4 is 5.73 Å². The second-order valence-corrected chi connectivity index (χ2v) is 5.66. The van der Waals surface area contributed by atoms with Crippen molar-refractivity contribution < 1.29 is 0 Å². The lowest BCUT2D eigenvalue weighted by atomic mass is 9.98. The number of aromatic nitrogens is 1. The van der Waals surface area contributed by atoms with E-state index in [9.17, 15) is 0 Å². The third kappa shape index (κ3) is 3.40. The molecule has 3 heteroatoms. The summed E-state index contributed by atoms with van der Waals surface area (Å²) in [6.45, 7) is 4.23. The van der Waals surface area contributed by atoms with Crippen molar-refractivity contribution in [1.29, 1.82) is 0 Å². The number of nitrogens with two attached hydrogens (primary N) is 1. The van der Waals surface area contributed by atoms with Crippen LogP contribution in [-0.4, -0.2) is 4.98 Å². The molecule has 1 unspecified atom stereocenters. The van der Waals surface area contributed by atoms with Gasteiger partial charge in [0.1, 0.15) is 0 Å². The Hall–Kier alpha value is -1.19. The quantitative estimate of drug-likeness (QED) is 0.939. The summed E-state index contributed by atoms with van der Waals surface area (Å²) in [5.41, 5.74) is 11.1. The zero-order valence-corrected chi connectivity index (χ0v) is 12.2. The number of hydrogen-bond donors (Lipinski definition) is 1. The Balaban J connectivity index is 2.18. The van der Waals surface area contributed by atoms with Gasteiger partial charge in [-0.15, -0.1) is 0 Å². The Bertz CT molecular complexity index is 532. The molecule has 0 aliphatic carbocycles. The lowest BCUT2D eigenvalue weighted by molar-refractivity contribution is 0.716. The van der Waals surface area contributed by atoms with Gasteiger partial charge in [-0.3, -0.25) is 4.98 Å². The number of nitrogens with zero attached hydrogens (tertiary/aromatic N) is 1. The summed E-state index contributed by atoms with van der Waals surface area (Å²) in [6, 6.07) is 8.57. The standard InChI is InChI=1S/C15H17BrN2/c1-10-3-11(2)5-12(4-10)6-15(17)13-7-14(16)9-18-8-13/h3-5,7-9,15H,6,17H2,1-2H3. The molecule has 0 fully saturated rings. The third-order valence-corrected chi connectivity index (χ3v) is 3.32. The van der Waals surface area contributed by atoms with Crippen molar-refractivity contribution in [2.24, 2.45) is 5.73 Å². The maximum absolute atomic E-state index is 6.24. The van der Waals surface area contributed by atoms with Crippen molar-refractivity contribution in [3.8, 4) is 0 Å². The minimum atomic E-state index is -0.0174. The van der Waals surface area contributed by atoms with E-state index in [0.29, 0.717) is 0 Å². The fourth-order valence-electron chi connectivity index (χ4n) is 2.19. The van der Waals surface area contributed by atoms with Gasteiger partial charge in [0.25, 0.3) is 0 Å². The van der Waals surface area contributed by atoms with Gasteiger partial charge in [0.15, 0.2) is 0 Å². The molecule has 2 nitrogen and oxygen atoms in total. The summed E-state index contributed by atoms with van der Waals surface area (Å²) < 4.78 is 0.968. The largest absolute Gasteiger partial charge is 0.324 e. The smallest absolute Gasteiger partial charge is 0.0410 e. The van der Waals surface area contributed by atoms with E-state index in [1.807, 2.05) is 12.3 Å². The second-order valence-electron chi connectivity index (χ2n) is 4.74. The number of pyridine rings is 1. The van der Waals surface area contributed by atoms with E-state index in [4.69, 9.17) is 5.73 Å². The summed E-state index contributed by atoms with van der Waals surface area (Å²) in [4.78, 5) is 4.16. The number of benzene rings is 1. The Labute approximate surface area is 116 Å². The molecule has 0 bridgehead atoms. The summed E-state index contributed by atoms with van der Waals surface area (Å²) in [7, 11) is 0. The van der Waals surface area contributed by atoms with E-state index in [-0.39, 0.29) is 6.04 Å². The molecule has 1 heterocycles. The molecule has 1 aromatic carbocycles. The van der Waals surface area contributed by atoms with E-state index in [0.717, 1.165) is 16.5 Å². The highest BCUT2D eigenvalue weighted by Gasteiger charge is 2.08. The van der Waals surface area contributed by atoms with Gasteiger partial charge >= 0.3 is 0 Å². The number of halogens is 1. The van der Waals surface area contributed by atoms with Crippen LogP contribution in [0, 0.1) is 13.8 Å². The average Bonchev–Trinajstić information content (AvgIpc) is 2.27. The molecule has 2 aromatic rings. The van der Waals surface area contributed by atoms with E-state index in [2.05, 4.69) is 53.0 Å². The van der Waals surface area contributed by atoms with Crippen molar-refractivity contribution in [3.63, 3.8) is 0 Å². The van der Waals surface area contributed by atoms with Crippen LogP contribution in [0.25, 0.3) is 0 Å². The van der Waals surface area contributed by atoms with E-state index in [1.165, 1.54) is 16.7 Å². The molecule has 0 aliphatic rings. The first kappa shape index (κ1) is 13.2. The lowest BCUT2D eigenvalue weighted by Crippen LogP contribution is -2.13. The predicted molar refractivity (Wildman–Crippen MR) is 78.5 cm³/mol. The highest BCUT2D eigenvalue weighted by molar-refractivity contribution is 9.10. The minimum absolute atomic E-state index is 0.0174. The first-order valence-electron chi connectivity index (χ1n) is 5.98. The van der Waals surface area contributed by atoms with Crippen molar-refractivity contribution in [2.75, 3.05) is 0 Å². The van der Waals surface area contributed by atoms with Crippen LogP contribution in [0.2, 0.25) is 0 Å². The third-order valence-electron chi connectivity index (χ3n) is 2.89. The molecular formula is C15H17BrN2. The van der Waals surface area contributed by atoms with Crippen LogP contribution in [0.1, 0.15) is 28.3 Å². The van der Waals surface area contributed by atoms with Crippen LogP contribution in [0.3, 0.4) is 0 Å². The normalized spacial score (nSPS) is 12.4. The molecule has 2 rings (SSSR count). The monoisotopic (exact) mass is 304 g/mol. The molecule has 0 saturated heterocycles. The maximum Gasteiger partial charge on any atom is 0.0410 e. The van der Waals surface area contributed by atoms with Gasteiger partial charge in [0.05, 0.1) is 0 Å². The summed E-state index contributed by atoms with van der Waals surface area (Å²) >= 11 is 3.42. The van der Waals surface area contributed by atoms with E-state index in [1.54, 1.807) is 6.20 Å². The topological polar surface area (TPSA) is 38.9 Å². The number of hydrogen-bond acceptors (Lipinski definition) is 2. The fourth-order valence-corrected chi connectivity index (χ4v) is 2.57. The predicted octanol–water partition coefficient (Wildman–Crippen LogP) is 3.70. The second kappa shape index (κ2) is 5.63. The molecule has 0 amide bonds. The SMILES string of the molecule is Cc1cc(C)cc(CC(N)c2cncc(Br)c2)c1. The van der Waals surface area contributed by atoms with Crippen LogP contribution in [0.15, 0.2) is 41.1 Å². The minimum Gasteiger partial charge on any atom is -0.324 e. The van der Waals surface area contributed by atoms with Gasteiger partial charge in [-0.2, -0.15) is 0 Å². The summed E-state index contributed by atoms with van der Waals surface area (Å²) in [5, 5.41) is 0. The Kier molecular flexibility index (Phi) is 4.15. The number of aryl methyl sites for hydroxylation is 2. The van der Waals surface area contributed by atoms with Crippen LogP contribution >= 0.6 is 15.9 Å². The summed E-state index contributed by atoms with van der Waals surface area (Å²) in [5.74, 6) is 0. The average molecular weight is 305 g/mol. The van der Waals surface area contributed by atoms with Gasteiger partial charge in [-0.05, 0) is 53.4 Å². The van der Waals surface area contributed by atoms with Crippen LogP contribution in [-0.2, 0) is 6.42 Å². The van der Waals surface area contributed by atoms with Crippen molar-refractivity contribution in [1.82, 2.24) is 4.98 Å². The fraction of sp³-hybridized carbons (Fsp3) is 0.267. The first-order valence-corrected chi connectivity index (χ1v) is 6.77. The lowest BCUT2D eigenvalue weighted by Gasteiger charge is -2.13. The molecule has 18 heavy (non-hydrogen) atoms. The molecule has 2 N–H and O–H groups in total. The molecule has 1 atom stereocenters. The maximum atomic E-state index is 6.24. The number of rotatable bonds is 3. The van der Waals surface area contributed by atoms with E-state index < -0.39 is 0 Å². The zero-order chi connectivity index (χ0) is 13.1. The zero-order valence-electron chi connectivity index (χ0n) is 10.7. The van der Waals surface area contributed by atoms with Crippen molar-refractivity contribution >= 4 is 15.9 Å². The molecule has 0 radical (unpaired) electrons. The highest BCUT2D eigenvalue weighted by Crippen LogP contribution is 2.20. The van der Waals surface area contributed by atoms with Crippen molar-refractivity contribution in [3.05, 3.63) is 63.4 Å². The Morgan fingerprint density at radius 2 is 1.78 bits per heavy atom. The highest BCUT2D eigenvalue weighted by atomic mass is 79.9. The van der Waals surface area contributed by atoms with Gasteiger partial charge < -0.3 is 5.73 Å². The van der Waals surface area contributed by atoms with Gasteiger partial charge in [0, 0.05) is 22.9 Å². The van der Waals surface area contributed by atoms with Gasteiger partial charge in [0.2, 0.25) is 0 Å².